The van der Waals surface area contributed by atoms with Gasteiger partial charge in [0.2, 0.25) is 5.91 Å². The number of nitrogens with zero attached hydrogens (tertiary/aromatic N) is 1. The zero-order valence-corrected chi connectivity index (χ0v) is 14.5. The van der Waals surface area contributed by atoms with Crippen LogP contribution in [0.4, 0.5) is 10.5 Å². The summed E-state index contributed by atoms with van der Waals surface area (Å²) in [7, 11) is 0. The summed E-state index contributed by atoms with van der Waals surface area (Å²) >= 11 is 6.11. The van der Waals surface area contributed by atoms with Crippen molar-refractivity contribution in [1.82, 2.24) is 0 Å². The molecule has 0 saturated carbocycles. The van der Waals surface area contributed by atoms with E-state index in [2.05, 4.69) is 0 Å². The maximum absolute atomic E-state index is 13.0. The highest BCUT2D eigenvalue weighted by Crippen LogP contribution is 2.42. The van der Waals surface area contributed by atoms with E-state index < -0.39 is 17.6 Å². The Labute approximate surface area is 146 Å². The lowest BCUT2D eigenvalue weighted by Gasteiger charge is -2.24. The summed E-state index contributed by atoms with van der Waals surface area (Å²) in [6.07, 6.45) is -0.672. The molecule has 0 spiro atoms. The Balaban J connectivity index is 2.08. The molecule has 1 heterocycles. The Kier molecular flexibility index (Phi) is 4.10. The van der Waals surface area contributed by atoms with Crippen molar-refractivity contribution in [3.63, 3.8) is 0 Å². The Morgan fingerprint density at radius 1 is 1.12 bits per heavy atom. The van der Waals surface area contributed by atoms with Gasteiger partial charge in [-0.25, -0.2) is 9.69 Å². The van der Waals surface area contributed by atoms with Gasteiger partial charge < -0.3 is 4.74 Å². The Morgan fingerprint density at radius 2 is 1.79 bits per heavy atom. The monoisotopic (exact) mass is 343 g/mol. The summed E-state index contributed by atoms with van der Waals surface area (Å²) in [6.45, 7) is 5.30. The van der Waals surface area contributed by atoms with Gasteiger partial charge in [0.15, 0.2) is 0 Å². The number of carbonyl (C=O) groups excluding carboxylic acids is 2. The number of fused-ring (bicyclic) bond motifs is 1. The summed E-state index contributed by atoms with van der Waals surface area (Å²) in [6, 6.07) is 14.4. The van der Waals surface area contributed by atoms with Crippen LogP contribution in [-0.2, 0) is 9.53 Å². The summed E-state index contributed by atoms with van der Waals surface area (Å²) < 4.78 is 5.40. The molecule has 1 aliphatic heterocycles. The summed E-state index contributed by atoms with van der Waals surface area (Å²) in [5, 5.41) is 0.522. The molecule has 2 aromatic carbocycles. The molecule has 3 rings (SSSR count). The molecule has 1 unspecified atom stereocenters. The van der Waals surface area contributed by atoms with Gasteiger partial charge in [-0.1, -0.05) is 41.9 Å². The van der Waals surface area contributed by atoms with E-state index in [0.29, 0.717) is 16.3 Å². The van der Waals surface area contributed by atoms with E-state index in [4.69, 9.17) is 16.3 Å². The summed E-state index contributed by atoms with van der Waals surface area (Å²) in [4.78, 5) is 26.6. The first-order valence-corrected chi connectivity index (χ1v) is 8.07. The fourth-order valence-corrected chi connectivity index (χ4v) is 2.99. The minimum Gasteiger partial charge on any atom is -0.443 e. The summed E-state index contributed by atoms with van der Waals surface area (Å²) in [5.74, 6) is -0.889. The van der Waals surface area contributed by atoms with Gasteiger partial charge in [-0.05, 0) is 50.1 Å². The van der Waals surface area contributed by atoms with Gasteiger partial charge in [0.25, 0.3) is 0 Å². The van der Waals surface area contributed by atoms with E-state index in [0.717, 1.165) is 10.5 Å². The van der Waals surface area contributed by atoms with Crippen molar-refractivity contribution in [3.05, 3.63) is 64.7 Å². The van der Waals surface area contributed by atoms with Gasteiger partial charge in [0.05, 0.1) is 11.6 Å². The van der Waals surface area contributed by atoms with Crippen LogP contribution in [0.5, 0.6) is 0 Å². The van der Waals surface area contributed by atoms with Crippen molar-refractivity contribution in [3.8, 4) is 0 Å². The van der Waals surface area contributed by atoms with E-state index in [9.17, 15) is 9.59 Å². The minimum absolute atomic E-state index is 0.326. The lowest BCUT2D eigenvalue weighted by Crippen LogP contribution is -2.39. The second-order valence-corrected chi connectivity index (χ2v) is 7.14. The Bertz CT molecular complexity index is 796. The number of hydrogen-bond donors (Lipinski definition) is 0. The fraction of sp³-hybridized carbons (Fsp3) is 0.263. The van der Waals surface area contributed by atoms with Gasteiger partial charge in [-0.2, -0.15) is 0 Å². The fourth-order valence-electron chi connectivity index (χ4n) is 2.80. The number of ether oxygens (including phenoxy) is 1. The topological polar surface area (TPSA) is 46.6 Å². The molecule has 0 saturated heterocycles. The number of rotatable bonds is 1. The zero-order valence-electron chi connectivity index (χ0n) is 13.7. The number of carbonyl (C=O) groups is 2. The van der Waals surface area contributed by atoms with Gasteiger partial charge in [-0.15, -0.1) is 0 Å². The third-order valence-electron chi connectivity index (χ3n) is 3.72. The average molecular weight is 344 g/mol. The number of halogens is 1. The molecule has 0 bridgehead atoms. The molecule has 2 amide bonds. The minimum atomic E-state index is -0.686. The quantitative estimate of drug-likeness (QED) is 0.750. The molecular formula is C19H18ClNO3. The molecule has 5 heteroatoms. The standard InChI is InChI=1S/C19H18ClNO3/c1-19(2,3)24-18(23)21-15-10-9-13(20)11-14(15)16(17(21)22)12-7-5-4-6-8-12/h4-11,16H,1-3H3. The van der Waals surface area contributed by atoms with Crippen molar-refractivity contribution in [2.24, 2.45) is 0 Å². The van der Waals surface area contributed by atoms with E-state index in [1.807, 2.05) is 30.3 Å². The van der Waals surface area contributed by atoms with Crippen LogP contribution in [0.1, 0.15) is 37.8 Å². The molecule has 0 radical (unpaired) electrons. The molecule has 124 valence electrons. The molecule has 0 aromatic heterocycles. The van der Waals surface area contributed by atoms with Crippen LogP contribution in [0.15, 0.2) is 48.5 Å². The van der Waals surface area contributed by atoms with Crippen LogP contribution in [-0.4, -0.2) is 17.6 Å². The van der Waals surface area contributed by atoms with Crippen molar-refractivity contribution in [1.29, 1.82) is 0 Å². The zero-order chi connectivity index (χ0) is 17.5. The molecule has 24 heavy (non-hydrogen) atoms. The van der Waals surface area contributed by atoms with Crippen LogP contribution in [0, 0.1) is 0 Å². The second-order valence-electron chi connectivity index (χ2n) is 6.70. The van der Waals surface area contributed by atoms with Gasteiger partial charge in [0, 0.05) is 5.02 Å². The molecule has 2 aromatic rings. The van der Waals surface area contributed by atoms with Gasteiger partial charge in [-0.3, -0.25) is 4.79 Å². The highest BCUT2D eigenvalue weighted by molar-refractivity contribution is 6.31. The average Bonchev–Trinajstić information content (AvgIpc) is 2.77. The van der Waals surface area contributed by atoms with Crippen LogP contribution in [0.2, 0.25) is 5.02 Å². The predicted octanol–water partition coefficient (Wildman–Crippen LogP) is 4.75. The van der Waals surface area contributed by atoms with Crippen LogP contribution in [0.25, 0.3) is 0 Å². The molecule has 0 fully saturated rings. The molecule has 1 aliphatic rings. The third kappa shape index (κ3) is 3.02. The highest BCUT2D eigenvalue weighted by Gasteiger charge is 2.43. The first kappa shape index (κ1) is 16.5. The van der Waals surface area contributed by atoms with E-state index >= 15 is 0 Å². The molecule has 1 atom stereocenters. The lowest BCUT2D eigenvalue weighted by molar-refractivity contribution is -0.118. The van der Waals surface area contributed by atoms with Gasteiger partial charge >= 0.3 is 6.09 Å². The first-order valence-electron chi connectivity index (χ1n) is 7.69. The Hall–Kier alpha value is -2.33. The van der Waals surface area contributed by atoms with Gasteiger partial charge in [0.1, 0.15) is 5.60 Å². The van der Waals surface area contributed by atoms with Crippen molar-refractivity contribution < 1.29 is 14.3 Å². The van der Waals surface area contributed by atoms with E-state index in [-0.39, 0.29) is 5.91 Å². The van der Waals surface area contributed by atoms with Crippen molar-refractivity contribution in [2.45, 2.75) is 32.3 Å². The third-order valence-corrected chi connectivity index (χ3v) is 3.95. The smallest absolute Gasteiger partial charge is 0.421 e. The molecule has 0 aliphatic carbocycles. The van der Waals surface area contributed by atoms with E-state index in [1.54, 1.807) is 39.0 Å². The van der Waals surface area contributed by atoms with Crippen LogP contribution >= 0.6 is 11.6 Å². The maximum atomic E-state index is 13.0. The second kappa shape index (κ2) is 5.95. The number of imide groups is 1. The largest absolute Gasteiger partial charge is 0.443 e. The normalized spacial score (nSPS) is 16.9. The highest BCUT2D eigenvalue weighted by atomic mass is 35.5. The number of benzene rings is 2. The van der Waals surface area contributed by atoms with Crippen LogP contribution in [0.3, 0.4) is 0 Å². The number of hydrogen-bond acceptors (Lipinski definition) is 3. The molecule has 0 N–H and O–H groups in total. The number of amides is 2. The predicted molar refractivity (Wildman–Crippen MR) is 93.5 cm³/mol. The summed E-state index contributed by atoms with van der Waals surface area (Å²) in [5.41, 5.74) is 1.36. The van der Waals surface area contributed by atoms with Crippen molar-refractivity contribution >= 4 is 29.3 Å². The van der Waals surface area contributed by atoms with Crippen molar-refractivity contribution in [2.75, 3.05) is 4.90 Å². The Morgan fingerprint density at radius 3 is 2.42 bits per heavy atom. The maximum Gasteiger partial charge on any atom is 0.421 e. The van der Waals surface area contributed by atoms with Crippen LogP contribution < -0.4 is 4.90 Å². The SMILES string of the molecule is CC(C)(C)OC(=O)N1C(=O)C(c2ccccc2)c2cc(Cl)ccc21. The first-order chi connectivity index (χ1) is 11.3. The van der Waals surface area contributed by atoms with E-state index in [1.165, 1.54) is 0 Å². The lowest BCUT2D eigenvalue weighted by atomic mass is 9.93. The number of anilines is 1. The molecule has 4 nitrogen and oxygen atoms in total. The molecular weight excluding hydrogens is 326 g/mol.